The number of hydrogen-bond donors (Lipinski definition) is 1. The Balaban J connectivity index is 3.34. The number of phenols is 1. The third-order valence-corrected chi connectivity index (χ3v) is 2.28. The fraction of sp³-hybridized carbons (Fsp3) is 0.308. The van der Waals surface area contributed by atoms with E-state index >= 15 is 0 Å². The number of benzene rings is 1. The molecule has 17 heavy (non-hydrogen) atoms. The van der Waals surface area contributed by atoms with Gasteiger partial charge >= 0.3 is 5.97 Å². The number of allylic oxidation sites excluding steroid dienone is 1. The van der Waals surface area contributed by atoms with Crippen LogP contribution in [0.3, 0.4) is 0 Å². The topological polar surface area (TPSA) is 55.8 Å². The molecule has 0 fully saturated rings. The van der Waals surface area contributed by atoms with Crippen LogP contribution in [0.2, 0.25) is 0 Å². The molecule has 0 saturated carbocycles. The third kappa shape index (κ3) is 3.00. The van der Waals surface area contributed by atoms with Gasteiger partial charge in [0.25, 0.3) is 0 Å². The average Bonchev–Trinajstić information content (AvgIpc) is 2.34. The molecule has 0 aliphatic heterocycles. The van der Waals surface area contributed by atoms with Gasteiger partial charge in [0.1, 0.15) is 17.1 Å². The molecule has 92 valence electrons. The second-order valence-electron chi connectivity index (χ2n) is 3.41. The highest BCUT2D eigenvalue weighted by Crippen LogP contribution is 2.29. The molecule has 0 spiro atoms. The largest absolute Gasteiger partial charge is 0.507 e. The molecule has 1 aromatic carbocycles. The first-order valence-corrected chi connectivity index (χ1v) is 5.29. The molecule has 0 radical (unpaired) electrons. The molecular weight excluding hydrogens is 220 g/mol. The summed E-state index contributed by atoms with van der Waals surface area (Å²) in [5.74, 6) is -0.223. The van der Waals surface area contributed by atoms with E-state index in [2.05, 4.69) is 4.74 Å². The highest BCUT2D eigenvalue weighted by Gasteiger charge is 2.17. The molecule has 0 amide bonds. The summed E-state index contributed by atoms with van der Waals surface area (Å²) >= 11 is 0. The van der Waals surface area contributed by atoms with Crippen molar-refractivity contribution >= 4 is 12.0 Å². The van der Waals surface area contributed by atoms with Crippen molar-refractivity contribution in [2.24, 2.45) is 0 Å². The van der Waals surface area contributed by atoms with Crippen molar-refractivity contribution in [3.63, 3.8) is 0 Å². The van der Waals surface area contributed by atoms with Crippen LogP contribution in [-0.2, 0) is 4.74 Å². The standard InChI is InChI=1S/C13H16O4/c1-4-5-6-9-7-10(16-2)8-11(14)12(9)13(15)17-3/h5-8,14H,4H2,1-3H3/b6-5+. The van der Waals surface area contributed by atoms with Gasteiger partial charge in [-0.2, -0.15) is 0 Å². The number of phenolic OH excluding ortho intramolecular Hbond substituents is 1. The molecule has 0 bridgehead atoms. The van der Waals surface area contributed by atoms with E-state index in [4.69, 9.17) is 4.74 Å². The Bertz CT molecular complexity index is 435. The number of methoxy groups -OCH3 is 2. The van der Waals surface area contributed by atoms with Crippen LogP contribution in [0, 0.1) is 0 Å². The highest BCUT2D eigenvalue weighted by atomic mass is 16.5. The summed E-state index contributed by atoms with van der Waals surface area (Å²) in [6.45, 7) is 1.98. The van der Waals surface area contributed by atoms with Crippen molar-refractivity contribution < 1.29 is 19.4 Å². The molecule has 1 N–H and O–H groups in total. The number of carbonyl (C=O) groups excluding carboxylic acids is 1. The maximum Gasteiger partial charge on any atom is 0.342 e. The lowest BCUT2D eigenvalue weighted by molar-refractivity contribution is 0.0597. The van der Waals surface area contributed by atoms with Gasteiger partial charge in [-0.3, -0.25) is 0 Å². The Morgan fingerprint density at radius 3 is 2.65 bits per heavy atom. The van der Waals surface area contributed by atoms with Crippen molar-refractivity contribution in [2.75, 3.05) is 14.2 Å². The SMILES string of the molecule is CC/C=C/c1cc(OC)cc(O)c1C(=O)OC. The van der Waals surface area contributed by atoms with Gasteiger partial charge in [0.05, 0.1) is 14.2 Å². The molecule has 0 aliphatic rings. The lowest BCUT2D eigenvalue weighted by Gasteiger charge is -2.09. The minimum Gasteiger partial charge on any atom is -0.507 e. The van der Waals surface area contributed by atoms with E-state index in [1.54, 1.807) is 12.1 Å². The summed E-state index contributed by atoms with van der Waals surface area (Å²) in [6.07, 6.45) is 4.48. The molecule has 4 nitrogen and oxygen atoms in total. The fourth-order valence-corrected chi connectivity index (χ4v) is 1.44. The molecule has 0 aromatic heterocycles. The molecule has 0 unspecified atom stereocenters. The quantitative estimate of drug-likeness (QED) is 0.816. The number of carbonyl (C=O) groups is 1. The zero-order chi connectivity index (χ0) is 12.8. The fourth-order valence-electron chi connectivity index (χ4n) is 1.44. The minimum atomic E-state index is -0.569. The van der Waals surface area contributed by atoms with E-state index in [1.807, 2.05) is 13.0 Å². The number of hydrogen-bond acceptors (Lipinski definition) is 4. The average molecular weight is 236 g/mol. The van der Waals surface area contributed by atoms with Crippen LogP contribution in [0.25, 0.3) is 6.08 Å². The van der Waals surface area contributed by atoms with Gasteiger partial charge in [-0.05, 0) is 18.1 Å². The third-order valence-electron chi connectivity index (χ3n) is 2.28. The molecule has 0 atom stereocenters. The van der Waals surface area contributed by atoms with Crippen LogP contribution in [-0.4, -0.2) is 25.3 Å². The van der Waals surface area contributed by atoms with Gasteiger partial charge in [-0.25, -0.2) is 4.79 Å². The lowest BCUT2D eigenvalue weighted by Crippen LogP contribution is -2.04. The van der Waals surface area contributed by atoms with Gasteiger partial charge in [-0.15, -0.1) is 0 Å². The van der Waals surface area contributed by atoms with Crippen LogP contribution < -0.4 is 4.74 Å². The Morgan fingerprint density at radius 2 is 2.12 bits per heavy atom. The van der Waals surface area contributed by atoms with E-state index in [1.165, 1.54) is 20.3 Å². The number of aromatic hydroxyl groups is 1. The van der Waals surface area contributed by atoms with Crippen LogP contribution in [0.4, 0.5) is 0 Å². The van der Waals surface area contributed by atoms with Gasteiger partial charge in [0.2, 0.25) is 0 Å². The monoisotopic (exact) mass is 236 g/mol. The lowest BCUT2D eigenvalue weighted by atomic mass is 10.0. The smallest absolute Gasteiger partial charge is 0.342 e. The molecule has 4 heteroatoms. The summed E-state index contributed by atoms with van der Waals surface area (Å²) in [5, 5.41) is 9.79. The Labute approximate surface area is 100 Å². The Kier molecular flexibility index (Phi) is 4.57. The minimum absolute atomic E-state index is 0.146. The Hall–Kier alpha value is -1.97. The first kappa shape index (κ1) is 13.1. The Morgan fingerprint density at radius 1 is 1.41 bits per heavy atom. The predicted octanol–water partition coefficient (Wildman–Crippen LogP) is 2.61. The maximum atomic E-state index is 11.6. The first-order chi connectivity index (χ1) is 8.13. The summed E-state index contributed by atoms with van der Waals surface area (Å²) < 4.78 is 9.68. The van der Waals surface area contributed by atoms with Crippen LogP contribution in [0.1, 0.15) is 29.3 Å². The van der Waals surface area contributed by atoms with Gasteiger partial charge in [0, 0.05) is 6.07 Å². The van der Waals surface area contributed by atoms with Crippen molar-refractivity contribution in [2.45, 2.75) is 13.3 Å². The van der Waals surface area contributed by atoms with E-state index in [9.17, 15) is 9.90 Å². The van der Waals surface area contributed by atoms with Gasteiger partial charge in [0.15, 0.2) is 0 Å². The molecule has 1 aromatic rings. The number of rotatable bonds is 4. The summed E-state index contributed by atoms with van der Waals surface area (Å²) in [4.78, 5) is 11.6. The van der Waals surface area contributed by atoms with Gasteiger partial charge < -0.3 is 14.6 Å². The molecule has 1 rings (SSSR count). The zero-order valence-electron chi connectivity index (χ0n) is 10.2. The van der Waals surface area contributed by atoms with E-state index < -0.39 is 5.97 Å². The summed E-state index contributed by atoms with van der Waals surface area (Å²) in [7, 11) is 2.78. The molecule has 0 saturated heterocycles. The van der Waals surface area contributed by atoms with Crippen LogP contribution in [0.15, 0.2) is 18.2 Å². The number of ether oxygens (including phenoxy) is 2. The first-order valence-electron chi connectivity index (χ1n) is 5.29. The molecule has 0 heterocycles. The van der Waals surface area contributed by atoms with Crippen molar-refractivity contribution in [1.29, 1.82) is 0 Å². The summed E-state index contributed by atoms with van der Waals surface area (Å²) in [6, 6.07) is 3.06. The maximum absolute atomic E-state index is 11.6. The van der Waals surface area contributed by atoms with Crippen LogP contribution in [0.5, 0.6) is 11.5 Å². The molecular formula is C13H16O4. The highest BCUT2D eigenvalue weighted by molar-refractivity contribution is 5.96. The second-order valence-corrected chi connectivity index (χ2v) is 3.41. The number of esters is 1. The van der Waals surface area contributed by atoms with E-state index in [0.29, 0.717) is 11.3 Å². The second kappa shape index (κ2) is 5.94. The van der Waals surface area contributed by atoms with Crippen LogP contribution >= 0.6 is 0 Å². The van der Waals surface area contributed by atoms with Crippen molar-refractivity contribution in [3.05, 3.63) is 29.3 Å². The molecule has 0 aliphatic carbocycles. The van der Waals surface area contributed by atoms with E-state index in [-0.39, 0.29) is 11.3 Å². The normalized spacial score (nSPS) is 10.5. The van der Waals surface area contributed by atoms with E-state index in [0.717, 1.165) is 6.42 Å². The summed E-state index contributed by atoms with van der Waals surface area (Å²) in [5.41, 5.74) is 0.730. The van der Waals surface area contributed by atoms with Crippen molar-refractivity contribution in [3.8, 4) is 11.5 Å². The zero-order valence-corrected chi connectivity index (χ0v) is 10.2. The predicted molar refractivity (Wildman–Crippen MR) is 65.3 cm³/mol. The van der Waals surface area contributed by atoms with Crippen molar-refractivity contribution in [1.82, 2.24) is 0 Å². The van der Waals surface area contributed by atoms with Gasteiger partial charge in [-0.1, -0.05) is 19.1 Å².